The molecule has 1 aliphatic heterocycles. The van der Waals surface area contributed by atoms with Crippen LogP contribution in [0.3, 0.4) is 0 Å². The van der Waals surface area contributed by atoms with Gasteiger partial charge >= 0.3 is 0 Å². The number of aliphatic hydroxyl groups excluding tert-OH is 1. The van der Waals surface area contributed by atoms with Crippen LogP contribution in [0.2, 0.25) is 0 Å². The van der Waals surface area contributed by atoms with Crippen LogP contribution in [0.5, 0.6) is 5.75 Å². The maximum atomic E-state index is 14.8. The molecule has 27 heteroatoms. The zero-order valence-electron chi connectivity index (χ0n) is 56.2. The van der Waals surface area contributed by atoms with Crippen LogP contribution in [0.4, 0.5) is 0 Å². The summed E-state index contributed by atoms with van der Waals surface area (Å²) in [6.45, 7) is 12.4. The number of H-pyrrole nitrogens is 1. The first kappa shape index (κ1) is 78.6. The first-order chi connectivity index (χ1) is 44.8. The lowest BCUT2D eigenvalue weighted by Crippen LogP contribution is -2.63. The maximum Gasteiger partial charge on any atom is 0.246 e. The molecule has 0 saturated heterocycles. The number of aromatic hydroxyl groups is 1. The summed E-state index contributed by atoms with van der Waals surface area (Å²) in [6, 6.07) is 1.84. The molecule has 1 aromatic heterocycles. The number of carbonyl (C=O) groups is 13. The van der Waals surface area contributed by atoms with Crippen molar-refractivity contribution in [3.05, 3.63) is 78.0 Å². The number of phenolic OH excluding ortho intramolecular Hbond substituents is 1. The summed E-state index contributed by atoms with van der Waals surface area (Å²) < 4.78 is 0. The van der Waals surface area contributed by atoms with Crippen molar-refractivity contribution in [3.63, 3.8) is 0 Å². The lowest BCUT2D eigenvalue weighted by Gasteiger charge is -2.33. The zero-order valence-corrected chi connectivity index (χ0v) is 56.2. The molecule has 0 aliphatic carbocycles. The van der Waals surface area contributed by atoms with E-state index < -0.39 is 149 Å². The molecule has 2 heterocycles. The highest BCUT2D eigenvalue weighted by atomic mass is 16.3. The van der Waals surface area contributed by atoms with Gasteiger partial charge < -0.3 is 74.5 Å². The molecule has 522 valence electrons. The van der Waals surface area contributed by atoms with Gasteiger partial charge in [-0.05, 0) is 128 Å². The number of aliphatic hydroxyl groups is 1. The number of Topliss-reactive ketones (excluding diaryl/α,β-unsaturated/α-hetero) is 3. The number of amides is 10. The van der Waals surface area contributed by atoms with Gasteiger partial charge in [0.15, 0.2) is 0 Å². The number of hydrogen-bond donors (Lipinski definition) is 14. The highest BCUT2D eigenvalue weighted by Gasteiger charge is 2.41. The van der Waals surface area contributed by atoms with E-state index in [1.807, 2.05) is 26.0 Å². The van der Waals surface area contributed by atoms with Crippen LogP contribution >= 0.6 is 0 Å². The number of rotatable bonds is 20. The monoisotopic (exact) mass is 1320 g/mol. The molecule has 0 radical (unpaired) electrons. The number of allylic oxidation sites excluding steroid dienone is 2. The van der Waals surface area contributed by atoms with Gasteiger partial charge in [-0.3, -0.25) is 62.3 Å². The fraction of sp³-hybridized carbons (Fsp3) is 0.574. The normalized spacial score (nSPS) is 24.6. The Bertz CT molecular complexity index is 3220. The first-order valence-electron chi connectivity index (χ1n) is 32.7. The Labute approximate surface area is 555 Å². The Morgan fingerprint density at radius 3 is 1.93 bits per heavy atom. The molecule has 10 amide bonds. The van der Waals surface area contributed by atoms with Gasteiger partial charge in [0, 0.05) is 49.3 Å². The Kier molecular flexibility index (Phi) is 31.3. The highest BCUT2D eigenvalue weighted by molar-refractivity contribution is 6.41. The van der Waals surface area contributed by atoms with E-state index in [0.717, 1.165) is 12.8 Å². The Morgan fingerprint density at radius 2 is 1.28 bits per heavy atom. The van der Waals surface area contributed by atoms with Crippen molar-refractivity contribution >= 4 is 87.3 Å². The van der Waals surface area contributed by atoms with Crippen molar-refractivity contribution in [1.82, 2.24) is 52.8 Å². The van der Waals surface area contributed by atoms with E-state index in [0.29, 0.717) is 67.0 Å². The first-order valence-corrected chi connectivity index (χ1v) is 32.7. The second-order valence-electron chi connectivity index (χ2n) is 26.0. The fourth-order valence-electron chi connectivity index (χ4n) is 11.0. The number of fused-ring (bicyclic) bond motifs is 1. The van der Waals surface area contributed by atoms with Crippen molar-refractivity contribution < 1.29 is 72.5 Å². The van der Waals surface area contributed by atoms with Crippen molar-refractivity contribution in [1.29, 1.82) is 0 Å². The molecule has 3 aromatic rings. The van der Waals surface area contributed by atoms with E-state index in [4.69, 9.17) is 11.5 Å². The smallest absolute Gasteiger partial charge is 0.246 e. The quantitative estimate of drug-likeness (QED) is 0.0568. The summed E-state index contributed by atoms with van der Waals surface area (Å²) in [6.07, 6.45) is 9.46. The molecule has 2 aromatic carbocycles. The lowest BCUT2D eigenvalue weighted by molar-refractivity contribution is -0.140. The van der Waals surface area contributed by atoms with Gasteiger partial charge in [0.25, 0.3) is 0 Å². The SMILES string of the molecule is CC(=O)C[C@]1(C)CCCCCC/C=C\CCC[C@@](C)(C(=O)NC(CO)C(=O)N[C@@H](C)C(=O)NC(C)C(N)=O)NC(=O)[C@H](CCC(C)C)CN[C@@H](CCC(N)=O)C(=O)C(=O)C(C)NC(=O)[C@H](Cc2c[nH]c3ccccc23)NC(=O)[C@H](Cc2ccc(O)cc2)NC(=O)C(C)NC1=O. The number of hydrogen-bond acceptors (Lipinski definition) is 16. The largest absolute Gasteiger partial charge is 0.508 e. The predicted molar refractivity (Wildman–Crippen MR) is 355 cm³/mol. The third-order valence-electron chi connectivity index (χ3n) is 17.0. The van der Waals surface area contributed by atoms with E-state index in [1.54, 1.807) is 37.4 Å². The third kappa shape index (κ3) is 25.4. The second kappa shape index (κ2) is 37.9. The number of carbonyl (C=O) groups excluding carboxylic acids is 13. The van der Waals surface area contributed by atoms with Crippen LogP contribution in [-0.2, 0) is 75.2 Å². The minimum atomic E-state index is -1.78. The third-order valence-corrected chi connectivity index (χ3v) is 17.0. The van der Waals surface area contributed by atoms with E-state index in [-0.39, 0.29) is 62.5 Å². The number of nitrogens with two attached hydrogens (primary N) is 2. The molecule has 0 spiro atoms. The Morgan fingerprint density at radius 1 is 0.663 bits per heavy atom. The predicted octanol–water partition coefficient (Wildman–Crippen LogP) is 1.96. The molecule has 4 rings (SSSR count). The topological polar surface area (TPSA) is 438 Å². The standard InChI is InChI=1S/C68H100N12O15/c1-39(2)23-26-46-36-72-51(29-30-55(69)84)57(86)56(85)41(4)73-62(91)53(34-47-37-71-50-22-18-17-21-49(47)50)78-63(92)52(33-45-24-27-48(83)28-25-45)77-60(89)44(7)76-65(94)67(8,35-40(3)82)31-19-15-13-11-10-12-14-16-20-32-68(9,80-61(46)90)66(95)79-54(38-81)64(93)75-43(6)59(88)74-42(5)58(70)87/h12,14,17-18,21-22,24-25,27-28,37,39,41-44,46,51-54,71-72,81,83H,10-11,13,15-16,19-20,23,26,29-36,38H2,1-9H3,(H2,69,84)(H2,70,87)(H,73,91)(H,74,88)(H,75,93)(H,76,94)(H,77,89)(H,78,92)(H,79,95)(H,80,90)/b14-12-/t41?,42?,43-,44?,46+,51-,52-,53-,54?,67-,68-/m0/s1. The fourth-order valence-corrected chi connectivity index (χ4v) is 11.0. The summed E-state index contributed by atoms with van der Waals surface area (Å²) in [5, 5.41) is 45.1. The molecular weight excluding hydrogens is 1220 g/mol. The number of primary amides is 2. The van der Waals surface area contributed by atoms with Crippen LogP contribution in [-0.4, -0.2) is 159 Å². The second-order valence-corrected chi connectivity index (χ2v) is 26.0. The summed E-state index contributed by atoms with van der Waals surface area (Å²) in [5.74, 6) is -11.6. The minimum Gasteiger partial charge on any atom is -0.508 e. The van der Waals surface area contributed by atoms with E-state index in [9.17, 15) is 72.5 Å². The molecule has 27 nitrogen and oxygen atoms in total. The van der Waals surface area contributed by atoms with Crippen LogP contribution in [0.1, 0.15) is 163 Å². The number of phenols is 1. The van der Waals surface area contributed by atoms with Gasteiger partial charge in [-0.2, -0.15) is 0 Å². The van der Waals surface area contributed by atoms with Gasteiger partial charge in [0.2, 0.25) is 70.6 Å². The van der Waals surface area contributed by atoms with Gasteiger partial charge in [-0.25, -0.2) is 0 Å². The Balaban J connectivity index is 1.77. The summed E-state index contributed by atoms with van der Waals surface area (Å²) in [4.78, 5) is 182. The molecule has 1 aliphatic rings. The van der Waals surface area contributed by atoms with Crippen LogP contribution < -0.4 is 59.3 Å². The molecule has 11 atom stereocenters. The molecule has 16 N–H and O–H groups in total. The van der Waals surface area contributed by atoms with Crippen LogP contribution in [0.15, 0.2) is 66.9 Å². The summed E-state index contributed by atoms with van der Waals surface area (Å²) >= 11 is 0. The van der Waals surface area contributed by atoms with Crippen molar-refractivity contribution in [2.24, 2.45) is 28.7 Å². The minimum absolute atomic E-state index is 0.0105. The number of para-hydroxylation sites is 1. The lowest BCUT2D eigenvalue weighted by atomic mass is 9.79. The van der Waals surface area contributed by atoms with Crippen molar-refractivity contribution in [2.75, 3.05) is 13.2 Å². The maximum absolute atomic E-state index is 14.8. The highest BCUT2D eigenvalue weighted by Crippen LogP contribution is 2.31. The van der Waals surface area contributed by atoms with Crippen LogP contribution in [0.25, 0.3) is 10.9 Å². The molecule has 95 heavy (non-hydrogen) atoms. The molecule has 0 saturated carbocycles. The van der Waals surface area contributed by atoms with E-state index in [1.165, 1.54) is 65.8 Å². The number of aromatic nitrogens is 1. The molecule has 4 unspecified atom stereocenters. The number of aromatic amines is 1. The zero-order chi connectivity index (χ0) is 70.7. The molecular formula is C68H100N12O15. The average molecular weight is 1330 g/mol. The number of ketones is 3. The number of nitrogens with one attached hydrogen (secondary N) is 10. The molecule has 0 bridgehead atoms. The number of benzene rings is 2. The van der Waals surface area contributed by atoms with Crippen molar-refractivity contribution in [2.45, 2.75) is 219 Å². The van der Waals surface area contributed by atoms with Gasteiger partial charge in [-0.15, -0.1) is 0 Å². The molecule has 0 fully saturated rings. The van der Waals surface area contributed by atoms with Crippen LogP contribution in [0, 0.1) is 17.3 Å². The average Bonchev–Trinajstić information content (AvgIpc) is 1.82. The van der Waals surface area contributed by atoms with Crippen molar-refractivity contribution in [3.8, 4) is 5.75 Å². The summed E-state index contributed by atoms with van der Waals surface area (Å²) in [5.41, 5.74) is 9.59. The van der Waals surface area contributed by atoms with Gasteiger partial charge in [0.05, 0.1) is 30.0 Å². The van der Waals surface area contributed by atoms with Gasteiger partial charge in [-0.1, -0.05) is 88.9 Å². The summed E-state index contributed by atoms with van der Waals surface area (Å²) in [7, 11) is 0. The van der Waals surface area contributed by atoms with E-state index >= 15 is 0 Å². The van der Waals surface area contributed by atoms with Gasteiger partial charge in [0.1, 0.15) is 53.3 Å². The van der Waals surface area contributed by atoms with E-state index in [2.05, 4.69) is 52.8 Å². The Hall–Kier alpha value is -8.85.